The minimum absolute atomic E-state index is 0.157. The van der Waals surface area contributed by atoms with Gasteiger partial charge in [0.2, 0.25) is 6.29 Å². The Morgan fingerprint density at radius 2 is 1.75 bits per heavy atom. The lowest BCUT2D eigenvalue weighted by atomic mass is 9.80. The van der Waals surface area contributed by atoms with Crippen LogP contribution in [0.1, 0.15) is 6.42 Å². The average Bonchev–Trinajstić information content (AvgIpc) is 2.73. The molecule has 0 radical (unpaired) electrons. The third-order valence-electron chi connectivity index (χ3n) is 5.23. The molecule has 160 valence electrons. The van der Waals surface area contributed by atoms with E-state index in [0.717, 1.165) is 0 Å². The van der Waals surface area contributed by atoms with E-state index in [4.69, 9.17) is 33.2 Å². The molecule has 2 saturated heterocycles. The van der Waals surface area contributed by atoms with E-state index in [9.17, 15) is 20.1 Å². The van der Waals surface area contributed by atoms with E-state index in [1.54, 1.807) is 0 Å². The number of hydrogen-bond donors (Lipinski definition) is 3. The van der Waals surface area contributed by atoms with Crippen LogP contribution in [-0.4, -0.2) is 92.7 Å². The van der Waals surface area contributed by atoms with Crippen LogP contribution in [0.15, 0.2) is 11.8 Å². The number of aliphatic hydroxyl groups is 3. The zero-order chi connectivity index (χ0) is 20.4. The van der Waals surface area contributed by atoms with Crippen LogP contribution in [0.3, 0.4) is 0 Å². The van der Waals surface area contributed by atoms with Crippen LogP contribution in [0.2, 0.25) is 0 Å². The van der Waals surface area contributed by atoms with Crippen LogP contribution in [-0.2, 0) is 38.0 Å². The Labute approximate surface area is 161 Å². The Hall–Kier alpha value is -1.31. The van der Waals surface area contributed by atoms with E-state index >= 15 is 0 Å². The summed E-state index contributed by atoms with van der Waals surface area (Å²) in [5.41, 5.74) is 0.327. The number of ether oxygens (including phenoxy) is 7. The topological polar surface area (TPSA) is 142 Å². The molecule has 0 aliphatic carbocycles. The standard InChI is InChI=1S/C17H26O11/c1-22-10-4-7-8(14(21)23-2)5-26-15(9(7)6-25-10)27-17-13(20)11(18)12(19)16(24-3)28-17/h5,7,9-13,15-20H,4,6H2,1-3H3. The van der Waals surface area contributed by atoms with Gasteiger partial charge in [-0.2, -0.15) is 0 Å². The monoisotopic (exact) mass is 406 g/mol. The summed E-state index contributed by atoms with van der Waals surface area (Å²) >= 11 is 0. The molecule has 0 aromatic heterocycles. The van der Waals surface area contributed by atoms with Crippen molar-refractivity contribution in [3.05, 3.63) is 11.8 Å². The van der Waals surface area contributed by atoms with Gasteiger partial charge in [-0.1, -0.05) is 0 Å². The predicted octanol–water partition coefficient (Wildman–Crippen LogP) is -1.55. The van der Waals surface area contributed by atoms with Crippen molar-refractivity contribution in [3.8, 4) is 0 Å². The van der Waals surface area contributed by atoms with Crippen molar-refractivity contribution in [1.82, 2.24) is 0 Å². The lowest BCUT2D eigenvalue weighted by Crippen LogP contribution is -2.60. The number of fused-ring (bicyclic) bond motifs is 1. The largest absolute Gasteiger partial charge is 0.471 e. The molecule has 28 heavy (non-hydrogen) atoms. The second kappa shape index (κ2) is 9.01. The number of rotatable bonds is 5. The van der Waals surface area contributed by atoms with Gasteiger partial charge >= 0.3 is 5.97 Å². The van der Waals surface area contributed by atoms with E-state index in [2.05, 4.69) is 0 Å². The third-order valence-corrected chi connectivity index (χ3v) is 5.23. The normalized spacial score (nSPS) is 43.5. The number of hydrogen-bond acceptors (Lipinski definition) is 11. The fourth-order valence-corrected chi connectivity index (χ4v) is 3.61. The number of carbonyl (C=O) groups is 1. The van der Waals surface area contributed by atoms with Crippen LogP contribution in [0.5, 0.6) is 0 Å². The highest BCUT2D eigenvalue weighted by molar-refractivity contribution is 5.88. The first kappa shape index (κ1) is 21.4. The number of methoxy groups -OCH3 is 3. The van der Waals surface area contributed by atoms with Gasteiger partial charge in [-0.3, -0.25) is 0 Å². The van der Waals surface area contributed by atoms with Crippen molar-refractivity contribution in [1.29, 1.82) is 0 Å². The predicted molar refractivity (Wildman–Crippen MR) is 88.1 cm³/mol. The maximum Gasteiger partial charge on any atom is 0.337 e. The Morgan fingerprint density at radius 3 is 2.39 bits per heavy atom. The molecule has 9 atom stereocenters. The number of carbonyl (C=O) groups excluding carboxylic acids is 1. The van der Waals surface area contributed by atoms with Gasteiger partial charge in [0.25, 0.3) is 0 Å². The van der Waals surface area contributed by atoms with Gasteiger partial charge in [0.15, 0.2) is 18.9 Å². The molecule has 3 heterocycles. The number of aliphatic hydroxyl groups excluding tert-OH is 3. The molecule has 0 amide bonds. The fraction of sp³-hybridized carbons (Fsp3) is 0.824. The molecule has 3 rings (SSSR count). The average molecular weight is 406 g/mol. The van der Waals surface area contributed by atoms with E-state index in [-0.39, 0.29) is 12.5 Å². The molecule has 0 bridgehead atoms. The zero-order valence-electron chi connectivity index (χ0n) is 15.8. The molecule has 0 saturated carbocycles. The highest BCUT2D eigenvalue weighted by atomic mass is 16.8. The smallest absolute Gasteiger partial charge is 0.337 e. The minimum Gasteiger partial charge on any atom is -0.471 e. The Bertz CT molecular complexity index is 579. The van der Waals surface area contributed by atoms with Gasteiger partial charge in [0.1, 0.15) is 18.3 Å². The van der Waals surface area contributed by atoms with Crippen molar-refractivity contribution >= 4 is 5.97 Å². The lowest BCUT2D eigenvalue weighted by Gasteiger charge is -2.45. The molecule has 11 nitrogen and oxygen atoms in total. The molecule has 3 aliphatic heterocycles. The van der Waals surface area contributed by atoms with Crippen LogP contribution >= 0.6 is 0 Å². The van der Waals surface area contributed by atoms with E-state index in [1.807, 2.05) is 0 Å². The first-order valence-corrected chi connectivity index (χ1v) is 8.87. The van der Waals surface area contributed by atoms with Crippen LogP contribution in [0, 0.1) is 11.8 Å². The van der Waals surface area contributed by atoms with Crippen molar-refractivity contribution in [2.75, 3.05) is 27.9 Å². The van der Waals surface area contributed by atoms with Crippen LogP contribution < -0.4 is 0 Å². The minimum atomic E-state index is -1.54. The maximum atomic E-state index is 12.1. The third kappa shape index (κ3) is 4.02. The summed E-state index contributed by atoms with van der Waals surface area (Å²) in [6, 6.07) is 0. The summed E-state index contributed by atoms with van der Waals surface area (Å²) in [6.07, 6.45) is -6.85. The van der Waals surface area contributed by atoms with E-state index in [0.29, 0.717) is 12.0 Å². The van der Waals surface area contributed by atoms with Gasteiger partial charge in [-0.25, -0.2) is 4.79 Å². The summed E-state index contributed by atoms with van der Waals surface area (Å²) in [4.78, 5) is 12.1. The lowest BCUT2D eigenvalue weighted by molar-refractivity contribution is -0.377. The van der Waals surface area contributed by atoms with E-state index < -0.39 is 55.4 Å². The first-order valence-electron chi connectivity index (χ1n) is 8.87. The fourth-order valence-electron chi connectivity index (χ4n) is 3.61. The zero-order valence-corrected chi connectivity index (χ0v) is 15.8. The van der Waals surface area contributed by atoms with E-state index in [1.165, 1.54) is 27.6 Å². The van der Waals surface area contributed by atoms with Crippen molar-refractivity contribution in [2.45, 2.75) is 49.9 Å². The van der Waals surface area contributed by atoms with Gasteiger partial charge < -0.3 is 48.5 Å². The Morgan fingerprint density at radius 1 is 1.04 bits per heavy atom. The van der Waals surface area contributed by atoms with Gasteiger partial charge in [-0.15, -0.1) is 0 Å². The maximum absolute atomic E-state index is 12.1. The summed E-state index contributed by atoms with van der Waals surface area (Å²) in [5, 5.41) is 30.0. The molecule has 11 heteroatoms. The molecule has 0 aromatic rings. The van der Waals surface area contributed by atoms with Crippen LogP contribution in [0.25, 0.3) is 0 Å². The van der Waals surface area contributed by atoms with Gasteiger partial charge in [0, 0.05) is 26.6 Å². The molecule has 9 unspecified atom stereocenters. The Balaban J connectivity index is 1.77. The summed E-state index contributed by atoms with van der Waals surface area (Å²) in [6.45, 7) is 0.157. The molecule has 3 aliphatic rings. The highest BCUT2D eigenvalue weighted by Gasteiger charge is 2.50. The van der Waals surface area contributed by atoms with Crippen molar-refractivity contribution in [3.63, 3.8) is 0 Å². The van der Waals surface area contributed by atoms with Gasteiger partial charge in [0.05, 0.1) is 31.5 Å². The molecule has 3 N–H and O–H groups in total. The number of esters is 1. The second-order valence-corrected chi connectivity index (χ2v) is 6.79. The van der Waals surface area contributed by atoms with Crippen molar-refractivity contribution in [2.24, 2.45) is 11.8 Å². The Kier molecular flexibility index (Phi) is 6.89. The molecule has 0 spiro atoms. The quantitative estimate of drug-likeness (QED) is 0.457. The van der Waals surface area contributed by atoms with Crippen molar-refractivity contribution < 1.29 is 53.3 Å². The summed E-state index contributed by atoms with van der Waals surface area (Å²) < 4.78 is 37.3. The first-order chi connectivity index (χ1) is 13.4. The highest BCUT2D eigenvalue weighted by Crippen LogP contribution is 2.40. The molecule has 0 aromatic carbocycles. The van der Waals surface area contributed by atoms with Gasteiger partial charge in [-0.05, 0) is 0 Å². The molecular formula is C17H26O11. The molecule has 2 fully saturated rings. The second-order valence-electron chi connectivity index (χ2n) is 6.79. The van der Waals surface area contributed by atoms with Crippen LogP contribution in [0.4, 0.5) is 0 Å². The summed E-state index contributed by atoms with van der Waals surface area (Å²) in [7, 11) is 4.06. The summed E-state index contributed by atoms with van der Waals surface area (Å²) in [5.74, 6) is -1.29. The molecular weight excluding hydrogens is 380 g/mol. The SMILES string of the molecule is COC(=O)C1=COC(OC2OC(OC)C(O)C(O)C2O)C2COC(OC)CC12.